The van der Waals surface area contributed by atoms with Crippen molar-refractivity contribution in [1.29, 1.82) is 0 Å². The van der Waals surface area contributed by atoms with Crippen LogP contribution in [0.4, 0.5) is 10.2 Å². The van der Waals surface area contributed by atoms with Crippen molar-refractivity contribution in [3.8, 4) is 5.69 Å². The summed E-state index contributed by atoms with van der Waals surface area (Å²) in [6.07, 6.45) is 0. The summed E-state index contributed by atoms with van der Waals surface area (Å²) in [6, 6.07) is 14.4. The van der Waals surface area contributed by atoms with Gasteiger partial charge in [0, 0.05) is 49.6 Å². The molecule has 0 aliphatic carbocycles. The fraction of sp³-hybridized carbons (Fsp3) is 0.419. The number of rotatable bonds is 4. The standard InChI is InChI=1S/C31H36FN5O3S/c1-20-10-6-9-13-24(20)37-30-27(29(33-37)31(3,4)5)28(22-11-7-8-12-23(22)32)41-19-26(40)36(30)18-25(39)35-16-14-34(15-17-35)21(2)38/h6-13,28H,14-19H2,1-5H3/t28-/m1/s1. The normalized spacial score (nSPS) is 17.9. The summed E-state index contributed by atoms with van der Waals surface area (Å²) in [6.45, 7) is 11.2. The number of thioether (sulfide) groups is 1. The van der Waals surface area contributed by atoms with Crippen LogP contribution >= 0.6 is 11.8 Å². The van der Waals surface area contributed by atoms with E-state index >= 15 is 4.39 Å². The first-order valence-electron chi connectivity index (χ1n) is 13.9. The number of fused-ring (bicyclic) bond motifs is 1. The zero-order valence-electron chi connectivity index (χ0n) is 24.2. The number of halogens is 1. The average molecular weight is 578 g/mol. The molecule has 1 fully saturated rings. The van der Waals surface area contributed by atoms with Gasteiger partial charge in [-0.2, -0.15) is 5.10 Å². The van der Waals surface area contributed by atoms with Crippen molar-refractivity contribution >= 4 is 35.3 Å². The van der Waals surface area contributed by atoms with Gasteiger partial charge in [0.25, 0.3) is 0 Å². The Morgan fingerprint density at radius 2 is 1.63 bits per heavy atom. The molecule has 1 atom stereocenters. The van der Waals surface area contributed by atoms with Crippen molar-refractivity contribution in [2.75, 3.05) is 43.4 Å². The minimum Gasteiger partial charge on any atom is -0.339 e. The summed E-state index contributed by atoms with van der Waals surface area (Å²) < 4.78 is 17.1. The van der Waals surface area contributed by atoms with Gasteiger partial charge in [-0.15, -0.1) is 11.8 Å². The first kappa shape index (κ1) is 28.9. The van der Waals surface area contributed by atoms with Gasteiger partial charge in [-0.3, -0.25) is 19.3 Å². The highest BCUT2D eigenvalue weighted by Crippen LogP contribution is 2.49. The van der Waals surface area contributed by atoms with E-state index in [-0.39, 0.29) is 35.8 Å². The molecular weight excluding hydrogens is 541 g/mol. The number of aromatic nitrogens is 2. The third-order valence-electron chi connectivity index (χ3n) is 7.70. The van der Waals surface area contributed by atoms with Crippen molar-refractivity contribution in [2.45, 2.75) is 45.3 Å². The van der Waals surface area contributed by atoms with Crippen LogP contribution in [0.3, 0.4) is 0 Å². The molecule has 2 aliphatic rings. The summed E-state index contributed by atoms with van der Waals surface area (Å²) in [4.78, 5) is 44.3. The molecule has 2 aliphatic heterocycles. The Balaban J connectivity index is 1.67. The summed E-state index contributed by atoms with van der Waals surface area (Å²) in [5.74, 6) is -0.214. The maximum atomic E-state index is 15.3. The van der Waals surface area contributed by atoms with Crippen LogP contribution in [0, 0.1) is 12.7 Å². The van der Waals surface area contributed by atoms with E-state index in [0.717, 1.165) is 22.5 Å². The van der Waals surface area contributed by atoms with Crippen molar-refractivity contribution in [2.24, 2.45) is 0 Å². The van der Waals surface area contributed by atoms with Gasteiger partial charge in [-0.25, -0.2) is 9.07 Å². The Kier molecular flexibility index (Phi) is 7.96. The molecule has 3 heterocycles. The van der Waals surface area contributed by atoms with E-state index in [2.05, 4.69) is 20.8 Å². The van der Waals surface area contributed by atoms with E-state index < -0.39 is 10.7 Å². The first-order chi connectivity index (χ1) is 19.5. The van der Waals surface area contributed by atoms with E-state index in [1.54, 1.807) is 32.7 Å². The Morgan fingerprint density at radius 1 is 1.00 bits per heavy atom. The monoisotopic (exact) mass is 577 g/mol. The molecule has 0 N–H and O–H groups in total. The number of amides is 3. The number of benzene rings is 2. The van der Waals surface area contributed by atoms with Crippen molar-refractivity contribution < 1.29 is 18.8 Å². The minimum absolute atomic E-state index is 0.0162. The Bertz CT molecular complexity index is 1490. The van der Waals surface area contributed by atoms with Gasteiger partial charge in [0.05, 0.1) is 22.4 Å². The zero-order chi connectivity index (χ0) is 29.5. The van der Waals surface area contributed by atoms with Crippen LogP contribution in [-0.2, 0) is 19.8 Å². The Morgan fingerprint density at radius 3 is 2.27 bits per heavy atom. The summed E-state index contributed by atoms with van der Waals surface area (Å²) in [7, 11) is 0. The molecule has 8 nitrogen and oxygen atoms in total. The van der Waals surface area contributed by atoms with Crippen LogP contribution in [0.5, 0.6) is 0 Å². The first-order valence-corrected chi connectivity index (χ1v) is 14.9. The van der Waals surface area contributed by atoms with Crippen LogP contribution < -0.4 is 4.90 Å². The quantitative estimate of drug-likeness (QED) is 0.457. The smallest absolute Gasteiger partial charge is 0.242 e. The Labute approximate surface area is 244 Å². The van der Waals surface area contributed by atoms with E-state index in [1.165, 1.54) is 29.7 Å². The second-order valence-corrected chi connectivity index (χ2v) is 12.7. The molecule has 2 aromatic carbocycles. The number of hydrogen-bond acceptors (Lipinski definition) is 5. The molecular formula is C31H36FN5O3S. The summed E-state index contributed by atoms with van der Waals surface area (Å²) >= 11 is 1.36. The second-order valence-electron chi connectivity index (χ2n) is 11.6. The third-order valence-corrected chi connectivity index (χ3v) is 8.94. The molecule has 216 valence electrons. The summed E-state index contributed by atoms with van der Waals surface area (Å²) in [5.41, 5.74) is 3.29. The van der Waals surface area contributed by atoms with Crippen molar-refractivity contribution in [3.63, 3.8) is 0 Å². The van der Waals surface area contributed by atoms with Gasteiger partial charge in [-0.1, -0.05) is 57.2 Å². The lowest BCUT2D eigenvalue weighted by Crippen LogP contribution is -2.53. The number of carbonyl (C=O) groups excluding carboxylic acids is 3. The van der Waals surface area contributed by atoms with Gasteiger partial charge in [0.2, 0.25) is 17.7 Å². The topological polar surface area (TPSA) is 78.8 Å². The molecule has 1 aromatic heterocycles. The largest absolute Gasteiger partial charge is 0.339 e. The highest BCUT2D eigenvalue weighted by Gasteiger charge is 2.41. The molecule has 10 heteroatoms. The van der Waals surface area contributed by atoms with Gasteiger partial charge in [0.15, 0.2) is 0 Å². The van der Waals surface area contributed by atoms with Crippen LogP contribution in [0.25, 0.3) is 5.69 Å². The number of hydrogen-bond donors (Lipinski definition) is 0. The molecule has 41 heavy (non-hydrogen) atoms. The second kappa shape index (κ2) is 11.3. The predicted molar refractivity (Wildman–Crippen MR) is 159 cm³/mol. The maximum absolute atomic E-state index is 15.3. The molecule has 5 rings (SSSR count). The number of nitrogens with zero attached hydrogens (tertiary/aromatic N) is 5. The van der Waals surface area contributed by atoms with Crippen LogP contribution in [0.15, 0.2) is 48.5 Å². The lowest BCUT2D eigenvalue weighted by molar-refractivity contribution is -0.137. The van der Waals surface area contributed by atoms with Gasteiger partial charge < -0.3 is 9.80 Å². The Hall–Kier alpha value is -3.66. The number of piperazine rings is 1. The predicted octanol–water partition coefficient (Wildman–Crippen LogP) is 4.48. The molecule has 3 aromatic rings. The number of para-hydroxylation sites is 1. The van der Waals surface area contributed by atoms with E-state index in [0.29, 0.717) is 37.6 Å². The summed E-state index contributed by atoms with van der Waals surface area (Å²) in [5, 5.41) is 4.59. The molecule has 0 radical (unpaired) electrons. The van der Waals surface area contributed by atoms with Crippen LogP contribution in [0.1, 0.15) is 55.3 Å². The molecule has 0 bridgehead atoms. The third kappa shape index (κ3) is 5.62. The highest BCUT2D eigenvalue weighted by atomic mass is 32.2. The van der Waals surface area contributed by atoms with E-state index in [9.17, 15) is 14.4 Å². The SMILES string of the molecule is CC(=O)N1CCN(C(=O)CN2C(=O)CS[C@H](c3ccccc3F)c3c(C(C)(C)C)nn(-c4ccccc4C)c32)CC1. The maximum Gasteiger partial charge on any atom is 0.242 e. The lowest BCUT2D eigenvalue weighted by Gasteiger charge is -2.35. The fourth-order valence-electron chi connectivity index (χ4n) is 5.48. The van der Waals surface area contributed by atoms with Gasteiger partial charge in [0.1, 0.15) is 18.2 Å². The van der Waals surface area contributed by atoms with Crippen LogP contribution in [-0.4, -0.2) is 75.8 Å². The number of carbonyl (C=O) groups is 3. The minimum atomic E-state index is -0.499. The zero-order valence-corrected chi connectivity index (χ0v) is 25.0. The van der Waals surface area contributed by atoms with Gasteiger partial charge >= 0.3 is 0 Å². The highest BCUT2D eigenvalue weighted by molar-refractivity contribution is 8.00. The number of aryl methyl sites for hydroxylation is 1. The average Bonchev–Trinajstić information content (AvgIpc) is 3.27. The number of anilines is 1. The van der Waals surface area contributed by atoms with Crippen molar-refractivity contribution in [3.05, 3.63) is 76.7 Å². The molecule has 0 unspecified atom stereocenters. The molecule has 3 amide bonds. The van der Waals surface area contributed by atoms with Crippen LogP contribution in [0.2, 0.25) is 0 Å². The fourth-order valence-corrected chi connectivity index (χ4v) is 6.70. The lowest BCUT2D eigenvalue weighted by atomic mass is 9.87. The molecule has 1 saturated heterocycles. The van der Waals surface area contributed by atoms with E-state index in [1.807, 2.05) is 31.2 Å². The van der Waals surface area contributed by atoms with Gasteiger partial charge in [-0.05, 0) is 24.6 Å². The van der Waals surface area contributed by atoms with E-state index in [4.69, 9.17) is 5.10 Å². The molecule has 0 spiro atoms. The molecule has 0 saturated carbocycles. The van der Waals surface area contributed by atoms with Crippen molar-refractivity contribution in [1.82, 2.24) is 19.6 Å².